The van der Waals surface area contributed by atoms with Gasteiger partial charge in [0.25, 0.3) is 0 Å². The van der Waals surface area contributed by atoms with Gasteiger partial charge in [-0.15, -0.1) is 0 Å². The molecule has 0 radical (unpaired) electrons. The summed E-state index contributed by atoms with van der Waals surface area (Å²) in [6.07, 6.45) is 46.2. The van der Waals surface area contributed by atoms with E-state index in [-0.39, 0.29) is 12.5 Å². The first kappa shape index (κ1) is 40.1. The van der Waals surface area contributed by atoms with E-state index in [0.717, 1.165) is 51.4 Å². The van der Waals surface area contributed by atoms with Crippen LogP contribution in [0.5, 0.6) is 0 Å². The monoisotopic (exact) mass is 586 g/mol. The first-order valence-electron chi connectivity index (χ1n) is 17.5. The summed E-state index contributed by atoms with van der Waals surface area (Å²) in [6, 6.07) is -0.620. The van der Waals surface area contributed by atoms with Gasteiger partial charge >= 0.3 is 0 Å². The third kappa shape index (κ3) is 29.6. The van der Waals surface area contributed by atoms with Crippen LogP contribution in [-0.2, 0) is 4.79 Å². The lowest BCUT2D eigenvalue weighted by Crippen LogP contribution is -2.45. The highest BCUT2D eigenvalue weighted by Gasteiger charge is 2.17. The molecule has 3 N–H and O–H groups in total. The van der Waals surface area contributed by atoms with Crippen molar-refractivity contribution in [3.63, 3.8) is 0 Å². The van der Waals surface area contributed by atoms with Crippen molar-refractivity contribution >= 4 is 5.91 Å². The molecule has 0 spiro atoms. The van der Waals surface area contributed by atoms with Gasteiger partial charge in [0.1, 0.15) is 0 Å². The summed E-state index contributed by atoms with van der Waals surface area (Å²) in [5, 5.41) is 22.5. The molecule has 0 bridgehead atoms. The van der Waals surface area contributed by atoms with Gasteiger partial charge in [0.15, 0.2) is 0 Å². The molecule has 0 saturated heterocycles. The van der Waals surface area contributed by atoms with Gasteiger partial charge in [0, 0.05) is 6.42 Å². The van der Waals surface area contributed by atoms with Crippen molar-refractivity contribution in [2.45, 2.75) is 167 Å². The van der Waals surface area contributed by atoms with Gasteiger partial charge in [0.05, 0.1) is 18.8 Å². The normalized spacial score (nSPS) is 13.9. The fourth-order valence-electron chi connectivity index (χ4n) is 4.81. The number of aliphatic hydroxyl groups is 2. The first-order chi connectivity index (χ1) is 20.7. The Labute approximate surface area is 260 Å². The quantitative estimate of drug-likeness (QED) is 0.0580. The summed E-state index contributed by atoms with van der Waals surface area (Å²) in [5.41, 5.74) is 0. The van der Waals surface area contributed by atoms with Gasteiger partial charge in [-0.2, -0.15) is 0 Å². The molecular formula is C38H67NO3. The Morgan fingerprint density at radius 2 is 1.05 bits per heavy atom. The molecule has 1 amide bonds. The zero-order chi connectivity index (χ0) is 30.8. The predicted octanol–water partition coefficient (Wildman–Crippen LogP) is 10.2. The highest BCUT2D eigenvalue weighted by atomic mass is 16.3. The largest absolute Gasteiger partial charge is 0.394 e. The SMILES string of the molecule is CC/C=C\C/C=C\C/C=C\C/C=C\CCCCCCCCCCCCCCC(=O)NC(CO)C(O)/C=C/CCCCC. The van der Waals surface area contributed by atoms with Gasteiger partial charge in [0.2, 0.25) is 5.91 Å². The zero-order valence-electron chi connectivity index (χ0n) is 27.5. The molecule has 0 aliphatic rings. The van der Waals surface area contributed by atoms with E-state index in [9.17, 15) is 15.0 Å². The lowest BCUT2D eigenvalue weighted by Gasteiger charge is -2.20. The molecule has 0 saturated carbocycles. The molecule has 0 aromatic carbocycles. The minimum atomic E-state index is -0.836. The number of carbonyl (C=O) groups excluding carboxylic acids is 1. The number of rotatable bonds is 30. The van der Waals surface area contributed by atoms with Crippen LogP contribution in [0.25, 0.3) is 0 Å². The highest BCUT2D eigenvalue weighted by Crippen LogP contribution is 2.13. The van der Waals surface area contributed by atoms with Crippen LogP contribution in [0.2, 0.25) is 0 Å². The van der Waals surface area contributed by atoms with Crippen LogP contribution >= 0.6 is 0 Å². The summed E-state index contributed by atoms with van der Waals surface area (Å²) in [5.74, 6) is -0.0778. The van der Waals surface area contributed by atoms with Crippen LogP contribution in [0, 0.1) is 0 Å². The highest BCUT2D eigenvalue weighted by molar-refractivity contribution is 5.76. The van der Waals surface area contributed by atoms with E-state index in [1.165, 1.54) is 83.5 Å². The number of unbranched alkanes of at least 4 members (excludes halogenated alkanes) is 15. The van der Waals surface area contributed by atoms with Crippen LogP contribution in [-0.4, -0.2) is 34.9 Å². The summed E-state index contributed by atoms with van der Waals surface area (Å²) < 4.78 is 0. The predicted molar refractivity (Wildman–Crippen MR) is 184 cm³/mol. The molecule has 42 heavy (non-hydrogen) atoms. The second kappa shape index (κ2) is 33.6. The second-order valence-corrected chi connectivity index (χ2v) is 11.6. The molecule has 0 rings (SSSR count). The van der Waals surface area contributed by atoms with Crippen molar-refractivity contribution in [3.05, 3.63) is 60.8 Å². The number of nitrogens with one attached hydrogen (secondary N) is 1. The Hall–Kier alpha value is -1.91. The standard InChI is InChI=1S/C38H67NO3/c1-3-5-7-9-10-11-12-13-14-15-16-17-18-19-20-21-22-23-24-25-26-27-28-30-32-34-38(42)39-36(35-40)37(41)33-31-29-8-6-4-2/h5,7,10-11,13-14,16-17,31,33,36-37,40-41H,3-4,6,8-9,12,15,18-30,32,34-35H2,1-2H3,(H,39,42)/b7-5-,11-10-,14-13-,17-16-,33-31+. The van der Waals surface area contributed by atoms with Crippen molar-refractivity contribution in [1.29, 1.82) is 0 Å². The van der Waals surface area contributed by atoms with Crippen LogP contribution in [0.15, 0.2) is 60.8 Å². The van der Waals surface area contributed by atoms with E-state index in [0.29, 0.717) is 6.42 Å². The number of allylic oxidation sites excluding steroid dienone is 9. The zero-order valence-corrected chi connectivity index (χ0v) is 27.5. The van der Waals surface area contributed by atoms with Gasteiger partial charge in [-0.3, -0.25) is 4.79 Å². The van der Waals surface area contributed by atoms with E-state index in [1.54, 1.807) is 6.08 Å². The van der Waals surface area contributed by atoms with Crippen LogP contribution < -0.4 is 5.32 Å². The lowest BCUT2D eigenvalue weighted by molar-refractivity contribution is -0.123. The topological polar surface area (TPSA) is 69.6 Å². The number of aliphatic hydroxyl groups excluding tert-OH is 2. The maximum atomic E-state index is 12.2. The molecule has 0 aliphatic heterocycles. The Bertz CT molecular complexity index is 722. The molecule has 0 aromatic heterocycles. The maximum absolute atomic E-state index is 12.2. The van der Waals surface area contributed by atoms with E-state index < -0.39 is 12.1 Å². The van der Waals surface area contributed by atoms with Gasteiger partial charge in [-0.05, 0) is 57.8 Å². The molecule has 4 nitrogen and oxygen atoms in total. The molecule has 2 atom stereocenters. The summed E-state index contributed by atoms with van der Waals surface area (Å²) in [6.45, 7) is 4.08. The van der Waals surface area contributed by atoms with E-state index in [4.69, 9.17) is 0 Å². The summed E-state index contributed by atoms with van der Waals surface area (Å²) in [4.78, 5) is 12.2. The maximum Gasteiger partial charge on any atom is 0.220 e. The van der Waals surface area contributed by atoms with Crippen molar-refractivity contribution in [2.24, 2.45) is 0 Å². The fourth-order valence-corrected chi connectivity index (χ4v) is 4.81. The Kier molecular flexibility index (Phi) is 32.1. The molecule has 0 fully saturated rings. The summed E-state index contributed by atoms with van der Waals surface area (Å²) in [7, 11) is 0. The summed E-state index contributed by atoms with van der Waals surface area (Å²) >= 11 is 0. The van der Waals surface area contributed by atoms with Gasteiger partial charge in [-0.25, -0.2) is 0 Å². The van der Waals surface area contributed by atoms with Crippen molar-refractivity contribution < 1.29 is 15.0 Å². The minimum Gasteiger partial charge on any atom is -0.394 e. The molecule has 2 unspecified atom stereocenters. The molecule has 0 aromatic rings. The lowest BCUT2D eigenvalue weighted by atomic mass is 10.0. The van der Waals surface area contributed by atoms with Crippen LogP contribution in [0.4, 0.5) is 0 Å². The van der Waals surface area contributed by atoms with Crippen molar-refractivity contribution in [3.8, 4) is 0 Å². The first-order valence-corrected chi connectivity index (χ1v) is 17.5. The van der Waals surface area contributed by atoms with Crippen molar-refractivity contribution in [1.82, 2.24) is 5.32 Å². The number of amides is 1. The third-order valence-corrected chi connectivity index (χ3v) is 7.51. The minimum absolute atomic E-state index is 0.0778. The van der Waals surface area contributed by atoms with E-state index >= 15 is 0 Å². The average Bonchev–Trinajstić information content (AvgIpc) is 2.99. The Balaban J connectivity index is 3.50. The second-order valence-electron chi connectivity index (χ2n) is 11.6. The van der Waals surface area contributed by atoms with Crippen LogP contribution in [0.3, 0.4) is 0 Å². The Morgan fingerprint density at radius 1 is 0.595 bits per heavy atom. The van der Waals surface area contributed by atoms with Gasteiger partial charge < -0.3 is 15.5 Å². The molecule has 4 heteroatoms. The number of carbonyl (C=O) groups is 1. The average molecular weight is 586 g/mol. The van der Waals surface area contributed by atoms with E-state index in [1.807, 2.05) is 6.08 Å². The van der Waals surface area contributed by atoms with Crippen LogP contribution in [0.1, 0.15) is 155 Å². The van der Waals surface area contributed by atoms with Crippen molar-refractivity contribution in [2.75, 3.05) is 6.61 Å². The molecule has 0 heterocycles. The number of hydrogen-bond donors (Lipinski definition) is 3. The molecule has 0 aliphatic carbocycles. The molecular weight excluding hydrogens is 518 g/mol. The fraction of sp³-hybridized carbons (Fsp3) is 0.711. The third-order valence-electron chi connectivity index (χ3n) is 7.51. The van der Waals surface area contributed by atoms with E-state index in [2.05, 4.69) is 67.8 Å². The number of hydrogen-bond acceptors (Lipinski definition) is 3. The Morgan fingerprint density at radius 3 is 1.57 bits per heavy atom. The van der Waals surface area contributed by atoms with Gasteiger partial charge in [-0.1, -0.05) is 152 Å². The molecule has 242 valence electrons. The smallest absolute Gasteiger partial charge is 0.220 e.